The number of rotatable bonds is 2. The number of benzene rings is 1. The van der Waals surface area contributed by atoms with Crippen molar-refractivity contribution in [1.29, 1.82) is 0 Å². The normalized spacial score (nSPS) is 11.3. The van der Waals surface area contributed by atoms with E-state index >= 15 is 0 Å². The summed E-state index contributed by atoms with van der Waals surface area (Å²) in [6, 6.07) is 10.2. The third kappa shape index (κ3) is 1.36. The van der Waals surface area contributed by atoms with E-state index in [1.165, 1.54) is 5.39 Å². The lowest BCUT2D eigenvalue weighted by Gasteiger charge is -2.00. The minimum atomic E-state index is 0.563. The van der Waals surface area contributed by atoms with Crippen LogP contribution in [0.3, 0.4) is 0 Å². The molecule has 4 heteroatoms. The number of aryl methyl sites for hydroxylation is 1. The maximum atomic E-state index is 5.73. The number of nitrogens with zero attached hydrogens (tertiary/aromatic N) is 3. The van der Waals surface area contributed by atoms with Crippen LogP contribution < -0.4 is 0 Å². The standard InChI is InChI=1S/C12H10ClN3/c13-7-5-11-14-15-12-10-4-2-1-3-9(10)6-8-16(11)12/h1-4,6,8H,5,7H2. The van der Waals surface area contributed by atoms with Crippen LogP contribution in [0.5, 0.6) is 0 Å². The Morgan fingerprint density at radius 3 is 2.88 bits per heavy atom. The molecule has 3 aromatic rings. The predicted octanol–water partition coefficient (Wildman–Crippen LogP) is 2.66. The lowest BCUT2D eigenvalue weighted by atomic mass is 10.2. The van der Waals surface area contributed by atoms with Crippen LogP contribution in [-0.4, -0.2) is 20.5 Å². The van der Waals surface area contributed by atoms with Gasteiger partial charge in [-0.3, -0.25) is 4.40 Å². The molecule has 0 unspecified atom stereocenters. The molecule has 3 rings (SSSR count). The Hall–Kier alpha value is -1.61. The molecule has 0 aliphatic carbocycles. The second-order valence-corrected chi connectivity index (χ2v) is 4.03. The van der Waals surface area contributed by atoms with E-state index in [0.717, 1.165) is 23.3 Å². The van der Waals surface area contributed by atoms with Crippen molar-refractivity contribution in [2.24, 2.45) is 0 Å². The number of halogens is 1. The second kappa shape index (κ2) is 3.76. The molecule has 1 aromatic carbocycles. The number of aromatic nitrogens is 3. The molecule has 0 aliphatic rings. The first-order chi connectivity index (χ1) is 7.90. The first-order valence-corrected chi connectivity index (χ1v) is 5.71. The fourth-order valence-electron chi connectivity index (χ4n) is 1.92. The molecule has 3 nitrogen and oxygen atoms in total. The van der Waals surface area contributed by atoms with Crippen LogP contribution in [0.1, 0.15) is 5.82 Å². The highest BCUT2D eigenvalue weighted by atomic mass is 35.5. The van der Waals surface area contributed by atoms with Gasteiger partial charge >= 0.3 is 0 Å². The van der Waals surface area contributed by atoms with Gasteiger partial charge < -0.3 is 0 Å². The highest BCUT2D eigenvalue weighted by molar-refractivity contribution is 6.17. The van der Waals surface area contributed by atoms with Crippen LogP contribution in [0.15, 0.2) is 36.5 Å². The smallest absolute Gasteiger partial charge is 0.168 e. The molecule has 0 aliphatic heterocycles. The van der Waals surface area contributed by atoms with Crippen LogP contribution >= 0.6 is 11.6 Å². The first-order valence-electron chi connectivity index (χ1n) is 5.17. The number of hydrogen-bond acceptors (Lipinski definition) is 2. The molecule has 0 amide bonds. The maximum Gasteiger partial charge on any atom is 0.168 e. The number of hydrogen-bond donors (Lipinski definition) is 0. The van der Waals surface area contributed by atoms with Gasteiger partial charge in [0.15, 0.2) is 5.65 Å². The molecule has 0 spiro atoms. The average molecular weight is 232 g/mol. The molecule has 2 heterocycles. The van der Waals surface area contributed by atoms with Gasteiger partial charge in [0.25, 0.3) is 0 Å². The van der Waals surface area contributed by atoms with E-state index in [1.54, 1.807) is 0 Å². The van der Waals surface area contributed by atoms with E-state index in [1.807, 2.05) is 22.7 Å². The summed E-state index contributed by atoms with van der Waals surface area (Å²) in [5.74, 6) is 1.48. The van der Waals surface area contributed by atoms with Crippen molar-refractivity contribution >= 4 is 28.0 Å². The maximum absolute atomic E-state index is 5.73. The van der Waals surface area contributed by atoms with Crippen molar-refractivity contribution in [2.45, 2.75) is 6.42 Å². The van der Waals surface area contributed by atoms with E-state index in [0.29, 0.717) is 5.88 Å². The van der Waals surface area contributed by atoms with E-state index in [-0.39, 0.29) is 0 Å². The lowest BCUT2D eigenvalue weighted by molar-refractivity contribution is 0.914. The van der Waals surface area contributed by atoms with Gasteiger partial charge in [-0.25, -0.2) is 0 Å². The van der Waals surface area contributed by atoms with Crippen molar-refractivity contribution < 1.29 is 0 Å². The summed E-state index contributed by atoms with van der Waals surface area (Å²) in [4.78, 5) is 0. The number of fused-ring (bicyclic) bond motifs is 3. The zero-order valence-electron chi connectivity index (χ0n) is 8.60. The third-order valence-electron chi connectivity index (χ3n) is 2.69. The summed E-state index contributed by atoms with van der Waals surface area (Å²) < 4.78 is 2.00. The van der Waals surface area contributed by atoms with Crippen LogP contribution in [-0.2, 0) is 6.42 Å². The molecule has 0 bridgehead atoms. The minimum absolute atomic E-state index is 0.563. The fraction of sp³-hybridized carbons (Fsp3) is 0.167. The van der Waals surface area contributed by atoms with Crippen LogP contribution in [0.25, 0.3) is 16.4 Å². The topological polar surface area (TPSA) is 30.2 Å². The van der Waals surface area contributed by atoms with Crippen molar-refractivity contribution in [1.82, 2.24) is 14.6 Å². The van der Waals surface area contributed by atoms with Crippen LogP contribution in [0, 0.1) is 0 Å². The first kappa shape index (κ1) is 9.60. The van der Waals surface area contributed by atoms with E-state index < -0.39 is 0 Å². The number of pyridine rings is 1. The van der Waals surface area contributed by atoms with Gasteiger partial charge in [-0.2, -0.15) is 0 Å². The summed E-state index contributed by atoms with van der Waals surface area (Å²) in [5.41, 5.74) is 0.901. The van der Waals surface area contributed by atoms with Gasteiger partial charge in [-0.15, -0.1) is 21.8 Å². The molecule has 0 fully saturated rings. The molecule has 2 aromatic heterocycles. The minimum Gasteiger partial charge on any atom is -0.286 e. The monoisotopic (exact) mass is 231 g/mol. The highest BCUT2D eigenvalue weighted by Gasteiger charge is 2.07. The third-order valence-corrected chi connectivity index (χ3v) is 2.88. The summed E-state index contributed by atoms with van der Waals surface area (Å²) >= 11 is 5.73. The van der Waals surface area contributed by atoms with Gasteiger partial charge in [-0.1, -0.05) is 24.3 Å². The summed E-state index contributed by atoms with van der Waals surface area (Å²) in [5, 5.41) is 10.7. The molecule has 0 saturated heterocycles. The molecule has 16 heavy (non-hydrogen) atoms. The fourth-order valence-corrected chi connectivity index (χ4v) is 2.09. The Balaban J connectivity index is 2.36. The predicted molar refractivity (Wildman–Crippen MR) is 64.9 cm³/mol. The molecule has 0 saturated carbocycles. The van der Waals surface area contributed by atoms with Crippen molar-refractivity contribution in [3.63, 3.8) is 0 Å². The van der Waals surface area contributed by atoms with E-state index in [9.17, 15) is 0 Å². The quantitative estimate of drug-likeness (QED) is 0.635. The Morgan fingerprint density at radius 2 is 2.00 bits per heavy atom. The van der Waals surface area contributed by atoms with Gasteiger partial charge in [0.05, 0.1) is 0 Å². The summed E-state index contributed by atoms with van der Waals surface area (Å²) in [6.07, 6.45) is 2.74. The molecule has 80 valence electrons. The van der Waals surface area contributed by atoms with E-state index in [4.69, 9.17) is 11.6 Å². The van der Waals surface area contributed by atoms with Crippen molar-refractivity contribution in [2.75, 3.05) is 5.88 Å². The zero-order chi connectivity index (χ0) is 11.0. The van der Waals surface area contributed by atoms with Gasteiger partial charge in [0.2, 0.25) is 0 Å². The Kier molecular flexibility index (Phi) is 2.26. The zero-order valence-corrected chi connectivity index (χ0v) is 9.35. The summed E-state index contributed by atoms with van der Waals surface area (Å²) in [7, 11) is 0. The molecule has 0 radical (unpaired) electrons. The Morgan fingerprint density at radius 1 is 1.12 bits per heavy atom. The van der Waals surface area contributed by atoms with Gasteiger partial charge in [0, 0.05) is 23.9 Å². The molecular weight excluding hydrogens is 222 g/mol. The SMILES string of the molecule is ClCCc1nnc2c3ccccc3ccn12. The summed E-state index contributed by atoms with van der Waals surface area (Å²) in [6.45, 7) is 0. The van der Waals surface area contributed by atoms with Crippen LogP contribution in [0.4, 0.5) is 0 Å². The number of alkyl halides is 1. The van der Waals surface area contributed by atoms with E-state index in [2.05, 4.69) is 28.4 Å². The van der Waals surface area contributed by atoms with Gasteiger partial charge in [0.1, 0.15) is 5.82 Å². The molecular formula is C12H10ClN3. The lowest BCUT2D eigenvalue weighted by Crippen LogP contribution is -1.95. The van der Waals surface area contributed by atoms with Crippen molar-refractivity contribution in [3.05, 3.63) is 42.4 Å². The molecule has 0 N–H and O–H groups in total. The average Bonchev–Trinajstić information content (AvgIpc) is 2.73. The molecule has 0 atom stereocenters. The second-order valence-electron chi connectivity index (χ2n) is 3.65. The largest absolute Gasteiger partial charge is 0.286 e. The Bertz CT molecular complexity index is 645. The Labute approximate surface area is 97.7 Å². The van der Waals surface area contributed by atoms with Crippen molar-refractivity contribution in [3.8, 4) is 0 Å². The highest BCUT2D eigenvalue weighted by Crippen LogP contribution is 2.18. The van der Waals surface area contributed by atoms with Gasteiger partial charge in [-0.05, 0) is 11.5 Å². The van der Waals surface area contributed by atoms with Crippen LogP contribution in [0.2, 0.25) is 0 Å².